The molecule has 0 fully saturated rings. The van der Waals surface area contributed by atoms with E-state index in [0.717, 1.165) is 43.8 Å². The van der Waals surface area contributed by atoms with E-state index in [9.17, 15) is 4.79 Å². The van der Waals surface area contributed by atoms with Crippen molar-refractivity contribution in [3.8, 4) is 11.5 Å². The Bertz CT molecular complexity index is 458. The molecule has 0 aromatic heterocycles. The number of carbonyl (C=O) groups excluding carboxylic acids is 1. The second-order valence-corrected chi connectivity index (χ2v) is 6.25. The third-order valence-corrected chi connectivity index (χ3v) is 3.36. The number of methoxy groups -OCH3 is 1. The molecule has 1 aromatic carbocycles. The van der Waals surface area contributed by atoms with Crippen molar-refractivity contribution in [1.29, 1.82) is 0 Å². The van der Waals surface area contributed by atoms with Crippen LogP contribution in [0, 0.1) is 0 Å². The molecule has 0 saturated carbocycles. The van der Waals surface area contributed by atoms with Crippen molar-refractivity contribution >= 4 is 30.3 Å². The standard InChI is InChI=1S/C13H19NO3.C5H12ClN.ClH/c1-14(2)7-4-8-17-12-6-5-11(10-15)13(9-12)16-3;1-7(2)5-3-4-6;/h5-6,9-10H,4,7-8H2,1-3H3;3-5H2,1-2H3;1H. The number of ether oxygens (including phenoxy) is 2. The molecule has 0 atom stereocenters. The van der Waals surface area contributed by atoms with Crippen LogP contribution in [0.5, 0.6) is 11.5 Å². The molecule has 5 nitrogen and oxygen atoms in total. The van der Waals surface area contributed by atoms with Crippen molar-refractivity contribution in [3.05, 3.63) is 23.8 Å². The van der Waals surface area contributed by atoms with Gasteiger partial charge in [-0.2, -0.15) is 0 Å². The van der Waals surface area contributed by atoms with Crippen molar-refractivity contribution in [3.63, 3.8) is 0 Å². The van der Waals surface area contributed by atoms with Gasteiger partial charge < -0.3 is 19.3 Å². The maximum Gasteiger partial charge on any atom is 0.153 e. The Morgan fingerprint density at radius 2 is 1.68 bits per heavy atom. The zero-order valence-electron chi connectivity index (χ0n) is 16.0. The Kier molecular flexibility index (Phi) is 17.3. The molecule has 0 saturated heterocycles. The van der Waals surface area contributed by atoms with Crippen LogP contribution in [-0.2, 0) is 0 Å². The maximum absolute atomic E-state index is 10.7. The molecule has 1 rings (SSSR count). The van der Waals surface area contributed by atoms with Crippen molar-refractivity contribution in [2.75, 3.05) is 60.9 Å². The van der Waals surface area contributed by atoms with E-state index in [1.54, 1.807) is 18.2 Å². The molecule has 146 valence electrons. The smallest absolute Gasteiger partial charge is 0.153 e. The van der Waals surface area contributed by atoms with E-state index in [-0.39, 0.29) is 12.4 Å². The van der Waals surface area contributed by atoms with E-state index in [0.29, 0.717) is 17.9 Å². The van der Waals surface area contributed by atoms with Gasteiger partial charge in [0, 0.05) is 18.5 Å². The van der Waals surface area contributed by atoms with Gasteiger partial charge in [0.2, 0.25) is 0 Å². The van der Waals surface area contributed by atoms with Gasteiger partial charge in [0.1, 0.15) is 11.5 Å². The second-order valence-electron chi connectivity index (χ2n) is 5.87. The zero-order chi connectivity index (χ0) is 18.4. The van der Waals surface area contributed by atoms with Crippen LogP contribution in [0.4, 0.5) is 0 Å². The van der Waals surface area contributed by atoms with E-state index in [1.165, 1.54) is 7.11 Å². The lowest BCUT2D eigenvalue weighted by molar-refractivity contribution is 0.112. The molecule has 25 heavy (non-hydrogen) atoms. The third kappa shape index (κ3) is 13.9. The van der Waals surface area contributed by atoms with Gasteiger partial charge in [-0.25, -0.2) is 0 Å². The molecular weight excluding hydrogens is 363 g/mol. The number of nitrogens with zero attached hydrogens (tertiary/aromatic N) is 2. The molecule has 1 aromatic rings. The van der Waals surface area contributed by atoms with Gasteiger partial charge >= 0.3 is 0 Å². The summed E-state index contributed by atoms with van der Waals surface area (Å²) >= 11 is 5.42. The Hall–Kier alpha value is -1.01. The highest BCUT2D eigenvalue weighted by Crippen LogP contribution is 2.23. The normalized spacial score (nSPS) is 9.92. The van der Waals surface area contributed by atoms with Crippen LogP contribution in [0.1, 0.15) is 23.2 Å². The van der Waals surface area contributed by atoms with Crippen LogP contribution < -0.4 is 9.47 Å². The number of hydrogen-bond acceptors (Lipinski definition) is 5. The van der Waals surface area contributed by atoms with Crippen LogP contribution in [-0.4, -0.2) is 77.0 Å². The Morgan fingerprint density at radius 1 is 1.08 bits per heavy atom. The minimum absolute atomic E-state index is 0. The second kappa shape index (κ2) is 16.5. The molecule has 0 radical (unpaired) electrons. The number of rotatable bonds is 10. The molecule has 0 bridgehead atoms. The summed E-state index contributed by atoms with van der Waals surface area (Å²) in [5.74, 6) is 2.05. The zero-order valence-corrected chi connectivity index (χ0v) is 17.5. The van der Waals surface area contributed by atoms with Gasteiger partial charge in [-0.3, -0.25) is 4.79 Å². The SMILES string of the molecule is CN(C)CCCCl.COc1cc(OCCCN(C)C)ccc1C=O.Cl. The summed E-state index contributed by atoms with van der Waals surface area (Å²) in [5, 5.41) is 0. The van der Waals surface area contributed by atoms with E-state index < -0.39 is 0 Å². The molecule has 0 amide bonds. The average Bonchev–Trinajstić information content (AvgIpc) is 2.57. The molecule has 0 unspecified atom stereocenters. The van der Waals surface area contributed by atoms with Crippen LogP contribution in [0.3, 0.4) is 0 Å². The summed E-state index contributed by atoms with van der Waals surface area (Å²) in [6, 6.07) is 5.22. The van der Waals surface area contributed by atoms with E-state index >= 15 is 0 Å². The largest absolute Gasteiger partial charge is 0.496 e. The summed E-state index contributed by atoms with van der Waals surface area (Å²) in [4.78, 5) is 14.9. The molecule has 0 heterocycles. The van der Waals surface area contributed by atoms with E-state index in [4.69, 9.17) is 21.1 Å². The van der Waals surface area contributed by atoms with Crippen LogP contribution in [0.25, 0.3) is 0 Å². The molecule has 0 aliphatic heterocycles. The first-order valence-corrected chi connectivity index (χ1v) is 8.59. The van der Waals surface area contributed by atoms with Gasteiger partial charge in [-0.15, -0.1) is 24.0 Å². The molecule has 0 aliphatic carbocycles. The number of aldehydes is 1. The Labute approximate surface area is 163 Å². The van der Waals surface area contributed by atoms with Gasteiger partial charge in [0.05, 0.1) is 19.3 Å². The predicted octanol–water partition coefficient (Wildman–Crippen LogP) is 3.44. The van der Waals surface area contributed by atoms with Crippen LogP contribution >= 0.6 is 24.0 Å². The average molecular weight is 395 g/mol. The van der Waals surface area contributed by atoms with Crippen molar-refractivity contribution in [1.82, 2.24) is 9.80 Å². The summed E-state index contributed by atoms with van der Waals surface area (Å²) < 4.78 is 10.7. The molecule has 0 N–H and O–H groups in total. The number of hydrogen-bond donors (Lipinski definition) is 0. The van der Waals surface area contributed by atoms with Crippen molar-refractivity contribution < 1.29 is 14.3 Å². The van der Waals surface area contributed by atoms with Crippen LogP contribution in [0.2, 0.25) is 0 Å². The first kappa shape index (κ1) is 26.2. The molecule has 0 aliphatic rings. The highest BCUT2D eigenvalue weighted by atomic mass is 35.5. The number of alkyl halides is 1. The highest BCUT2D eigenvalue weighted by molar-refractivity contribution is 6.17. The number of halogens is 2. The first-order chi connectivity index (χ1) is 11.4. The van der Waals surface area contributed by atoms with E-state index in [1.807, 2.05) is 28.2 Å². The van der Waals surface area contributed by atoms with Crippen molar-refractivity contribution in [2.24, 2.45) is 0 Å². The van der Waals surface area contributed by atoms with Gasteiger partial charge in [0.15, 0.2) is 6.29 Å². The minimum atomic E-state index is 0. The first-order valence-electron chi connectivity index (χ1n) is 8.06. The number of carbonyl (C=O) groups is 1. The fourth-order valence-corrected chi connectivity index (χ4v) is 1.94. The lowest BCUT2D eigenvalue weighted by Gasteiger charge is -2.11. The van der Waals surface area contributed by atoms with Crippen LogP contribution in [0.15, 0.2) is 18.2 Å². The summed E-state index contributed by atoms with van der Waals surface area (Å²) in [5.41, 5.74) is 0.535. The van der Waals surface area contributed by atoms with Gasteiger partial charge in [-0.05, 0) is 59.7 Å². The fraction of sp³-hybridized carbons (Fsp3) is 0.611. The van der Waals surface area contributed by atoms with Gasteiger partial charge in [-0.1, -0.05) is 0 Å². The summed E-state index contributed by atoms with van der Waals surface area (Å²) in [7, 11) is 9.70. The lowest BCUT2D eigenvalue weighted by atomic mass is 10.2. The predicted molar refractivity (Wildman–Crippen MR) is 108 cm³/mol. The number of benzene rings is 1. The molecule has 7 heteroatoms. The fourth-order valence-electron chi connectivity index (χ4n) is 1.83. The van der Waals surface area contributed by atoms with E-state index in [2.05, 4.69) is 9.80 Å². The van der Waals surface area contributed by atoms with Gasteiger partial charge in [0.25, 0.3) is 0 Å². The quantitative estimate of drug-likeness (QED) is 0.345. The third-order valence-electron chi connectivity index (χ3n) is 3.09. The Morgan fingerprint density at radius 3 is 2.12 bits per heavy atom. The lowest BCUT2D eigenvalue weighted by Crippen LogP contribution is -2.15. The monoisotopic (exact) mass is 394 g/mol. The summed E-state index contributed by atoms with van der Waals surface area (Å²) in [6.07, 6.45) is 2.83. The minimum Gasteiger partial charge on any atom is -0.496 e. The topological polar surface area (TPSA) is 42.0 Å². The maximum atomic E-state index is 10.7. The highest BCUT2D eigenvalue weighted by Gasteiger charge is 2.04. The molecular formula is C18H32Cl2N2O3. The molecule has 0 spiro atoms. The summed E-state index contributed by atoms with van der Waals surface area (Å²) in [6.45, 7) is 2.74. The van der Waals surface area contributed by atoms with Crippen molar-refractivity contribution in [2.45, 2.75) is 12.8 Å². The Balaban J connectivity index is 0.